The zero-order chi connectivity index (χ0) is 8.39. The van der Waals surface area contributed by atoms with Crippen LogP contribution in [0.25, 0.3) is 10.9 Å². The van der Waals surface area contributed by atoms with Crippen molar-refractivity contribution in [1.29, 1.82) is 0 Å². The van der Waals surface area contributed by atoms with Gasteiger partial charge in [0, 0.05) is 11.6 Å². The highest BCUT2D eigenvalue weighted by Gasteiger charge is 1.98. The van der Waals surface area contributed by atoms with E-state index in [0.717, 1.165) is 16.5 Å². The van der Waals surface area contributed by atoms with E-state index in [2.05, 4.69) is 4.98 Å². The van der Waals surface area contributed by atoms with Crippen molar-refractivity contribution in [3.05, 3.63) is 48.0 Å². The highest BCUT2D eigenvalue weighted by molar-refractivity contribution is 6.26. The Kier molecular flexibility index (Phi) is 1.96. The first-order valence-electron chi connectivity index (χ1n) is 3.69. The lowest BCUT2D eigenvalue weighted by atomic mass is 10.1. The third kappa shape index (κ3) is 1.16. The molecule has 0 aliphatic rings. The molecule has 0 saturated carbocycles. The summed E-state index contributed by atoms with van der Waals surface area (Å²) >= 11 is 5.65. The fourth-order valence-corrected chi connectivity index (χ4v) is 1.40. The van der Waals surface area contributed by atoms with E-state index < -0.39 is 0 Å². The van der Waals surface area contributed by atoms with Gasteiger partial charge in [-0.15, -0.1) is 11.6 Å². The van der Waals surface area contributed by atoms with E-state index in [0.29, 0.717) is 0 Å². The first-order valence-corrected chi connectivity index (χ1v) is 4.12. The maximum absolute atomic E-state index is 5.65. The molecule has 0 unspecified atom stereocenters. The molecular formula is C10H7ClN. The van der Waals surface area contributed by atoms with Crippen molar-refractivity contribution in [2.24, 2.45) is 0 Å². The Morgan fingerprint density at radius 1 is 1.17 bits per heavy atom. The van der Waals surface area contributed by atoms with Gasteiger partial charge in [0.25, 0.3) is 0 Å². The van der Waals surface area contributed by atoms with Crippen molar-refractivity contribution in [2.45, 2.75) is 0 Å². The molecule has 1 heterocycles. The van der Waals surface area contributed by atoms with Gasteiger partial charge in [-0.05, 0) is 17.7 Å². The van der Waals surface area contributed by atoms with Crippen LogP contribution in [0.15, 0.2) is 36.5 Å². The Morgan fingerprint density at radius 2 is 2.00 bits per heavy atom. The number of rotatable bonds is 1. The zero-order valence-corrected chi connectivity index (χ0v) is 7.12. The SMILES string of the molecule is Cl[CH]c1ccnc2ccccc12. The molecule has 2 heteroatoms. The number of para-hydroxylation sites is 1. The van der Waals surface area contributed by atoms with Crippen molar-refractivity contribution in [3.63, 3.8) is 0 Å². The van der Waals surface area contributed by atoms with E-state index in [1.807, 2.05) is 30.3 Å². The third-order valence-electron chi connectivity index (χ3n) is 1.80. The fourth-order valence-electron chi connectivity index (χ4n) is 1.21. The van der Waals surface area contributed by atoms with Crippen LogP contribution in [0.4, 0.5) is 0 Å². The summed E-state index contributed by atoms with van der Waals surface area (Å²) in [5.74, 6) is 1.57. The normalized spacial score (nSPS) is 10.4. The molecule has 0 spiro atoms. The van der Waals surface area contributed by atoms with Crippen molar-refractivity contribution in [1.82, 2.24) is 4.98 Å². The molecule has 0 bridgehead atoms. The number of benzene rings is 1. The van der Waals surface area contributed by atoms with Gasteiger partial charge in [-0.25, -0.2) is 0 Å². The van der Waals surface area contributed by atoms with Gasteiger partial charge >= 0.3 is 0 Å². The first kappa shape index (κ1) is 7.56. The van der Waals surface area contributed by atoms with Gasteiger partial charge in [0.05, 0.1) is 11.4 Å². The van der Waals surface area contributed by atoms with Crippen LogP contribution in [-0.2, 0) is 0 Å². The second kappa shape index (κ2) is 3.11. The monoisotopic (exact) mass is 176 g/mol. The molecule has 1 nitrogen and oxygen atoms in total. The summed E-state index contributed by atoms with van der Waals surface area (Å²) in [6.45, 7) is 0. The van der Waals surface area contributed by atoms with Crippen LogP contribution in [0.5, 0.6) is 0 Å². The van der Waals surface area contributed by atoms with Crippen LogP contribution in [0.2, 0.25) is 0 Å². The number of hydrogen-bond donors (Lipinski definition) is 0. The molecule has 2 rings (SSSR count). The van der Waals surface area contributed by atoms with Crippen LogP contribution in [0.1, 0.15) is 5.56 Å². The smallest absolute Gasteiger partial charge is 0.0797 e. The van der Waals surface area contributed by atoms with E-state index in [-0.39, 0.29) is 0 Å². The Morgan fingerprint density at radius 3 is 2.83 bits per heavy atom. The number of halogens is 1. The molecule has 0 atom stereocenters. The third-order valence-corrected chi connectivity index (χ3v) is 2.04. The highest BCUT2D eigenvalue weighted by atomic mass is 35.5. The molecule has 0 aliphatic heterocycles. The quantitative estimate of drug-likeness (QED) is 0.651. The van der Waals surface area contributed by atoms with Crippen LogP contribution < -0.4 is 0 Å². The van der Waals surface area contributed by atoms with Crippen LogP contribution in [-0.4, -0.2) is 4.98 Å². The number of pyridine rings is 1. The topological polar surface area (TPSA) is 12.9 Å². The summed E-state index contributed by atoms with van der Waals surface area (Å²) in [5.41, 5.74) is 1.99. The van der Waals surface area contributed by atoms with Gasteiger partial charge in [0.15, 0.2) is 0 Å². The van der Waals surface area contributed by atoms with E-state index >= 15 is 0 Å². The number of aromatic nitrogens is 1. The van der Waals surface area contributed by atoms with Crippen LogP contribution in [0.3, 0.4) is 0 Å². The average molecular weight is 177 g/mol. The van der Waals surface area contributed by atoms with Crippen molar-refractivity contribution in [3.8, 4) is 0 Å². The van der Waals surface area contributed by atoms with E-state index in [9.17, 15) is 0 Å². The molecule has 2 aromatic rings. The van der Waals surface area contributed by atoms with Gasteiger partial charge in [-0.2, -0.15) is 0 Å². The van der Waals surface area contributed by atoms with Crippen LogP contribution >= 0.6 is 11.6 Å². The second-order valence-corrected chi connectivity index (χ2v) is 2.74. The second-order valence-electron chi connectivity index (χ2n) is 2.53. The van der Waals surface area contributed by atoms with E-state index in [1.165, 1.54) is 0 Å². The Labute approximate surface area is 76.0 Å². The maximum Gasteiger partial charge on any atom is 0.0797 e. The van der Waals surface area contributed by atoms with Crippen LogP contribution in [0, 0.1) is 5.88 Å². The molecule has 59 valence electrons. The lowest BCUT2D eigenvalue weighted by Gasteiger charge is -1.99. The zero-order valence-electron chi connectivity index (χ0n) is 6.37. The number of nitrogens with zero attached hydrogens (tertiary/aromatic N) is 1. The largest absolute Gasteiger partial charge is 0.256 e. The Hall–Kier alpha value is -1.08. The summed E-state index contributed by atoms with van der Waals surface area (Å²) < 4.78 is 0. The molecule has 0 amide bonds. The predicted molar refractivity (Wildman–Crippen MR) is 51.0 cm³/mol. The van der Waals surface area contributed by atoms with Gasteiger partial charge in [-0.1, -0.05) is 18.2 Å². The van der Waals surface area contributed by atoms with Gasteiger partial charge in [0.1, 0.15) is 0 Å². The summed E-state index contributed by atoms with van der Waals surface area (Å²) in [6.07, 6.45) is 1.76. The first-order chi connectivity index (χ1) is 5.92. The Bertz CT molecular complexity index is 392. The molecular weight excluding hydrogens is 170 g/mol. The Balaban J connectivity index is 2.79. The molecule has 1 radical (unpaired) electrons. The molecule has 0 saturated heterocycles. The minimum Gasteiger partial charge on any atom is -0.256 e. The summed E-state index contributed by atoms with van der Waals surface area (Å²) in [4.78, 5) is 4.21. The van der Waals surface area contributed by atoms with Gasteiger partial charge in [0.2, 0.25) is 0 Å². The average Bonchev–Trinajstić information content (AvgIpc) is 2.17. The molecule has 1 aromatic heterocycles. The standard InChI is InChI=1S/C10H7ClN/c11-7-8-5-6-12-10-4-2-1-3-9(8)10/h1-7H. The summed E-state index contributed by atoms with van der Waals surface area (Å²) in [5, 5.41) is 1.09. The molecule has 0 aliphatic carbocycles. The lowest BCUT2D eigenvalue weighted by molar-refractivity contribution is 1.39. The van der Waals surface area contributed by atoms with Gasteiger partial charge < -0.3 is 0 Å². The number of hydrogen-bond acceptors (Lipinski definition) is 1. The minimum atomic E-state index is 0.979. The summed E-state index contributed by atoms with van der Waals surface area (Å²) in [6, 6.07) is 9.83. The molecule has 1 aromatic carbocycles. The molecule has 0 fully saturated rings. The summed E-state index contributed by atoms with van der Waals surface area (Å²) in [7, 11) is 0. The number of fused-ring (bicyclic) bond motifs is 1. The molecule has 0 N–H and O–H groups in total. The van der Waals surface area contributed by atoms with Crippen molar-refractivity contribution < 1.29 is 0 Å². The van der Waals surface area contributed by atoms with Crippen molar-refractivity contribution >= 4 is 22.5 Å². The predicted octanol–water partition coefficient (Wildman–Crippen LogP) is 2.98. The van der Waals surface area contributed by atoms with Crippen molar-refractivity contribution in [2.75, 3.05) is 0 Å². The lowest BCUT2D eigenvalue weighted by Crippen LogP contribution is -1.82. The van der Waals surface area contributed by atoms with Gasteiger partial charge in [-0.3, -0.25) is 4.98 Å². The van der Waals surface area contributed by atoms with E-state index in [4.69, 9.17) is 11.6 Å². The minimum absolute atomic E-state index is 0.979. The fraction of sp³-hybridized carbons (Fsp3) is 0. The van der Waals surface area contributed by atoms with E-state index in [1.54, 1.807) is 12.1 Å². The highest BCUT2D eigenvalue weighted by Crippen LogP contribution is 2.18. The molecule has 12 heavy (non-hydrogen) atoms. The maximum atomic E-state index is 5.65.